The molecule has 0 atom stereocenters. The summed E-state index contributed by atoms with van der Waals surface area (Å²) >= 11 is 0. The third-order valence-electron chi connectivity index (χ3n) is 12.3. The molecule has 3 heterocycles. The molecule has 286 valence electrons. The van der Waals surface area contributed by atoms with Crippen LogP contribution in [0.1, 0.15) is 0 Å². The first-order valence-electron chi connectivity index (χ1n) is 20.7. The molecule has 0 bridgehead atoms. The SMILES string of the molecule is c1ccc(N(c2ccc3oc4ccccc4c3c2)c2ccc3c4c2ccc2c(N(c5ccccc5)c5ccc6oc7ccccc7c6c5)ccc(c24)n3-c2ccccc2)cc1. The molecular weight excluding hydrogens is 747 g/mol. The molecule has 0 spiro atoms. The van der Waals surface area contributed by atoms with E-state index in [2.05, 4.69) is 202 Å². The Morgan fingerprint density at radius 1 is 0.295 bits per heavy atom. The van der Waals surface area contributed by atoms with Gasteiger partial charge in [0.25, 0.3) is 0 Å². The highest BCUT2D eigenvalue weighted by Gasteiger charge is 2.26. The Morgan fingerprint density at radius 2 is 0.705 bits per heavy atom. The molecule has 10 aromatic carbocycles. The van der Waals surface area contributed by atoms with Crippen LogP contribution in [-0.2, 0) is 0 Å². The number of nitrogens with zero attached hydrogens (tertiary/aromatic N) is 3. The van der Waals surface area contributed by atoms with Crippen LogP contribution in [-0.4, -0.2) is 4.57 Å². The number of furan rings is 2. The van der Waals surface area contributed by atoms with Gasteiger partial charge in [-0.2, -0.15) is 0 Å². The number of rotatable bonds is 7. The Balaban J connectivity index is 1.09. The minimum atomic E-state index is 0.876. The number of fused-ring (bicyclic) bond motifs is 6. The maximum Gasteiger partial charge on any atom is 0.135 e. The maximum absolute atomic E-state index is 6.29. The molecule has 0 amide bonds. The second-order valence-corrected chi connectivity index (χ2v) is 15.7. The van der Waals surface area contributed by atoms with E-state index in [0.717, 1.165) is 94.7 Å². The predicted octanol–water partition coefficient (Wildman–Crippen LogP) is 16.1. The van der Waals surface area contributed by atoms with Crippen molar-refractivity contribution in [1.82, 2.24) is 4.57 Å². The zero-order valence-electron chi connectivity index (χ0n) is 32.9. The zero-order chi connectivity index (χ0) is 40.0. The van der Waals surface area contributed by atoms with Gasteiger partial charge in [0.05, 0.1) is 22.4 Å². The molecule has 0 aliphatic carbocycles. The Labute approximate surface area is 350 Å². The zero-order valence-corrected chi connectivity index (χ0v) is 32.9. The average Bonchev–Trinajstić information content (AvgIpc) is 4.00. The van der Waals surface area contributed by atoms with Gasteiger partial charge in [0.2, 0.25) is 0 Å². The third kappa shape index (κ3) is 5.08. The van der Waals surface area contributed by atoms with Crippen molar-refractivity contribution < 1.29 is 8.83 Å². The number of anilines is 6. The van der Waals surface area contributed by atoms with E-state index in [0.29, 0.717) is 0 Å². The van der Waals surface area contributed by atoms with E-state index in [9.17, 15) is 0 Å². The molecule has 0 fully saturated rings. The lowest BCUT2D eigenvalue weighted by molar-refractivity contribution is 0.668. The molecule has 0 unspecified atom stereocenters. The number of benzene rings is 10. The highest BCUT2D eigenvalue weighted by Crippen LogP contribution is 2.50. The average molecular weight is 782 g/mol. The molecule has 0 radical (unpaired) electrons. The number of aromatic nitrogens is 1. The van der Waals surface area contributed by atoms with Crippen molar-refractivity contribution in [2.75, 3.05) is 9.80 Å². The summed E-state index contributed by atoms with van der Waals surface area (Å²) in [5.74, 6) is 0. The Hall–Kier alpha value is -8.28. The van der Waals surface area contributed by atoms with Crippen LogP contribution in [0.2, 0.25) is 0 Å². The molecule has 61 heavy (non-hydrogen) atoms. The van der Waals surface area contributed by atoms with Gasteiger partial charge in [-0.05, 0) is 109 Å². The van der Waals surface area contributed by atoms with Gasteiger partial charge in [-0.25, -0.2) is 0 Å². The monoisotopic (exact) mass is 781 g/mol. The van der Waals surface area contributed by atoms with Gasteiger partial charge in [-0.15, -0.1) is 0 Å². The smallest absolute Gasteiger partial charge is 0.135 e. The van der Waals surface area contributed by atoms with Crippen molar-refractivity contribution in [3.8, 4) is 5.69 Å². The van der Waals surface area contributed by atoms with E-state index < -0.39 is 0 Å². The van der Waals surface area contributed by atoms with E-state index in [1.807, 2.05) is 24.3 Å². The lowest BCUT2D eigenvalue weighted by Crippen LogP contribution is -2.11. The lowest BCUT2D eigenvalue weighted by atomic mass is 9.97. The maximum atomic E-state index is 6.29. The highest BCUT2D eigenvalue weighted by atomic mass is 16.3. The molecule has 3 aromatic heterocycles. The summed E-state index contributed by atoms with van der Waals surface area (Å²) in [4.78, 5) is 4.78. The Kier molecular flexibility index (Phi) is 7.24. The second kappa shape index (κ2) is 13.1. The second-order valence-electron chi connectivity index (χ2n) is 15.7. The molecule has 13 rings (SSSR count). The van der Waals surface area contributed by atoms with Crippen LogP contribution in [0.25, 0.3) is 82.1 Å². The van der Waals surface area contributed by atoms with Crippen molar-refractivity contribution in [2.24, 2.45) is 0 Å². The molecule has 0 aliphatic heterocycles. The number of para-hydroxylation sites is 5. The van der Waals surface area contributed by atoms with Gasteiger partial charge in [-0.1, -0.05) is 103 Å². The van der Waals surface area contributed by atoms with Gasteiger partial charge >= 0.3 is 0 Å². The fourth-order valence-electron chi connectivity index (χ4n) is 9.69. The van der Waals surface area contributed by atoms with Crippen LogP contribution in [0.15, 0.2) is 221 Å². The number of hydrogen-bond donors (Lipinski definition) is 0. The molecule has 5 heteroatoms. The Bertz CT molecular complexity index is 3540. The van der Waals surface area contributed by atoms with Crippen LogP contribution < -0.4 is 9.80 Å². The summed E-state index contributed by atoms with van der Waals surface area (Å²) in [6.45, 7) is 0. The highest BCUT2D eigenvalue weighted by molar-refractivity contribution is 6.29. The Morgan fingerprint density at radius 3 is 1.18 bits per heavy atom. The van der Waals surface area contributed by atoms with Crippen LogP contribution in [0, 0.1) is 0 Å². The van der Waals surface area contributed by atoms with Crippen molar-refractivity contribution in [3.63, 3.8) is 0 Å². The lowest BCUT2D eigenvalue weighted by Gasteiger charge is -2.28. The van der Waals surface area contributed by atoms with E-state index in [4.69, 9.17) is 8.83 Å². The number of hydrogen-bond acceptors (Lipinski definition) is 4. The van der Waals surface area contributed by atoms with Crippen molar-refractivity contribution in [2.45, 2.75) is 0 Å². The summed E-state index contributed by atoms with van der Waals surface area (Å²) in [7, 11) is 0. The fourth-order valence-corrected chi connectivity index (χ4v) is 9.69. The van der Waals surface area contributed by atoms with E-state index in [1.165, 1.54) is 21.5 Å². The van der Waals surface area contributed by atoms with Crippen LogP contribution in [0.4, 0.5) is 34.1 Å². The van der Waals surface area contributed by atoms with E-state index in [-0.39, 0.29) is 0 Å². The summed E-state index contributed by atoms with van der Waals surface area (Å²) < 4.78 is 15.0. The van der Waals surface area contributed by atoms with Crippen molar-refractivity contribution in [1.29, 1.82) is 0 Å². The minimum Gasteiger partial charge on any atom is -0.456 e. The molecule has 0 saturated heterocycles. The van der Waals surface area contributed by atoms with Gasteiger partial charge in [-0.3, -0.25) is 0 Å². The van der Waals surface area contributed by atoms with Crippen LogP contribution in [0.5, 0.6) is 0 Å². The van der Waals surface area contributed by atoms with E-state index >= 15 is 0 Å². The third-order valence-corrected chi connectivity index (χ3v) is 12.3. The van der Waals surface area contributed by atoms with Gasteiger partial charge < -0.3 is 23.2 Å². The summed E-state index contributed by atoms with van der Waals surface area (Å²) in [6, 6.07) is 75.6. The first-order valence-corrected chi connectivity index (χ1v) is 20.7. The minimum absolute atomic E-state index is 0.876. The molecular formula is C56H35N3O2. The van der Waals surface area contributed by atoms with Crippen LogP contribution >= 0.6 is 0 Å². The summed E-state index contributed by atoms with van der Waals surface area (Å²) in [5.41, 5.74) is 13.4. The molecule has 0 N–H and O–H groups in total. The van der Waals surface area contributed by atoms with Gasteiger partial charge in [0.15, 0.2) is 0 Å². The molecule has 0 saturated carbocycles. The van der Waals surface area contributed by atoms with Gasteiger partial charge in [0.1, 0.15) is 22.3 Å². The van der Waals surface area contributed by atoms with Crippen molar-refractivity contribution >= 4 is 111 Å². The standard InChI is InChI=1S/C56H35N3O2/c1-4-14-36(15-5-1)57(39-24-32-53-45(34-39)41-20-10-12-22-51(41)60-53)47-28-30-49-55-43(47)26-27-44-48(29-31-50(56(44)55)59(49)38-18-8-3-9-19-38)58(37-16-6-2-7-17-37)40-25-33-54-46(35-40)42-21-11-13-23-52(42)61-54/h1-35H. The van der Waals surface area contributed by atoms with Crippen molar-refractivity contribution in [3.05, 3.63) is 212 Å². The quantitative estimate of drug-likeness (QED) is 0.151. The summed E-state index contributed by atoms with van der Waals surface area (Å²) in [6.07, 6.45) is 0. The molecule has 13 aromatic rings. The first-order chi connectivity index (χ1) is 30.3. The first kappa shape index (κ1) is 33.7. The summed E-state index contributed by atoms with van der Waals surface area (Å²) in [5, 5.41) is 9.17. The van der Waals surface area contributed by atoms with E-state index in [1.54, 1.807) is 0 Å². The topological polar surface area (TPSA) is 37.7 Å². The normalized spacial score (nSPS) is 11.9. The fraction of sp³-hybridized carbons (Fsp3) is 0. The van der Waals surface area contributed by atoms with Gasteiger partial charge in [0, 0.05) is 71.5 Å². The molecule has 5 nitrogen and oxygen atoms in total. The largest absolute Gasteiger partial charge is 0.456 e. The van der Waals surface area contributed by atoms with Crippen LogP contribution in [0.3, 0.4) is 0 Å². The molecule has 0 aliphatic rings. The predicted molar refractivity (Wildman–Crippen MR) is 253 cm³/mol.